The van der Waals surface area contributed by atoms with Gasteiger partial charge in [0.25, 0.3) is 0 Å². The Morgan fingerprint density at radius 2 is 1.87 bits per heavy atom. The molecule has 0 aromatic rings. The van der Waals surface area contributed by atoms with E-state index in [2.05, 4.69) is 0 Å². The second-order valence-corrected chi connectivity index (χ2v) is 5.64. The molecule has 3 unspecified atom stereocenters. The van der Waals surface area contributed by atoms with Crippen LogP contribution in [0.4, 0.5) is 0 Å². The van der Waals surface area contributed by atoms with Crippen molar-refractivity contribution in [1.29, 1.82) is 0 Å². The number of hydrogen-bond donors (Lipinski definition) is 3. The maximum absolute atomic E-state index is 9.29. The number of hydrogen-bond acceptors (Lipinski definition) is 4. The first kappa shape index (κ1) is 13.3. The third-order valence-electron chi connectivity index (χ3n) is 2.97. The van der Waals surface area contributed by atoms with Gasteiger partial charge in [0.2, 0.25) is 0 Å². The van der Waals surface area contributed by atoms with E-state index in [1.807, 2.05) is 0 Å². The minimum Gasteiger partial charge on any atom is -0.394 e. The molecule has 1 aliphatic rings. The molecule has 0 heterocycles. The van der Waals surface area contributed by atoms with Gasteiger partial charge >= 0.3 is 0 Å². The molecule has 1 rings (SSSR count). The predicted octanol–water partition coefficient (Wildman–Crippen LogP) is 1.12. The van der Waals surface area contributed by atoms with Gasteiger partial charge in [-0.3, -0.25) is 0 Å². The topological polar surface area (TPSA) is 66.5 Å². The summed E-state index contributed by atoms with van der Waals surface area (Å²) in [6.45, 7) is -0.144. The molecule has 15 heavy (non-hydrogen) atoms. The minimum absolute atomic E-state index is 0.144. The lowest BCUT2D eigenvalue weighted by Gasteiger charge is -2.26. The highest BCUT2D eigenvalue weighted by molar-refractivity contribution is 8.00. The van der Waals surface area contributed by atoms with Crippen molar-refractivity contribution in [3.8, 4) is 0 Å². The third kappa shape index (κ3) is 5.20. The van der Waals surface area contributed by atoms with Crippen LogP contribution >= 0.6 is 11.8 Å². The first-order chi connectivity index (χ1) is 7.24. The van der Waals surface area contributed by atoms with Crippen LogP contribution in [0.5, 0.6) is 0 Å². The van der Waals surface area contributed by atoms with Crippen LogP contribution in [-0.2, 0) is 0 Å². The van der Waals surface area contributed by atoms with Crippen LogP contribution in [0.25, 0.3) is 0 Å². The molecule has 1 saturated carbocycles. The minimum atomic E-state index is -0.590. The summed E-state index contributed by atoms with van der Waals surface area (Å²) in [5.41, 5.74) is 6.11. The smallest absolute Gasteiger partial charge is 0.0861 e. The lowest BCUT2D eigenvalue weighted by molar-refractivity contribution is 0.113. The molecule has 0 saturated heterocycles. The molecule has 1 aliphatic carbocycles. The lowest BCUT2D eigenvalue weighted by Crippen LogP contribution is -2.34. The van der Waals surface area contributed by atoms with Crippen molar-refractivity contribution in [3.63, 3.8) is 0 Å². The van der Waals surface area contributed by atoms with Gasteiger partial charge in [-0.15, -0.1) is 0 Å². The van der Waals surface area contributed by atoms with Crippen molar-refractivity contribution in [2.24, 2.45) is 5.73 Å². The number of nitrogens with two attached hydrogens (primary N) is 1. The van der Waals surface area contributed by atoms with E-state index in [1.54, 1.807) is 11.8 Å². The summed E-state index contributed by atoms with van der Waals surface area (Å²) in [6, 6.07) is 0.265. The van der Waals surface area contributed by atoms with Gasteiger partial charge in [-0.1, -0.05) is 25.7 Å². The van der Waals surface area contributed by atoms with Gasteiger partial charge in [-0.25, -0.2) is 0 Å². The molecule has 0 aromatic carbocycles. The quantitative estimate of drug-likeness (QED) is 0.681. The van der Waals surface area contributed by atoms with Gasteiger partial charge in [0.1, 0.15) is 0 Å². The van der Waals surface area contributed by atoms with E-state index in [9.17, 15) is 5.11 Å². The van der Waals surface area contributed by atoms with Crippen LogP contribution in [0.3, 0.4) is 0 Å². The highest BCUT2D eigenvalue weighted by atomic mass is 32.2. The van der Waals surface area contributed by atoms with E-state index in [0.717, 1.165) is 12.8 Å². The second kappa shape index (κ2) is 7.49. The van der Waals surface area contributed by atoms with Crippen LogP contribution in [0.2, 0.25) is 0 Å². The van der Waals surface area contributed by atoms with E-state index in [1.165, 1.54) is 25.7 Å². The van der Waals surface area contributed by atoms with Crippen LogP contribution < -0.4 is 5.73 Å². The zero-order valence-electron chi connectivity index (χ0n) is 9.27. The molecular weight excluding hydrogens is 210 g/mol. The summed E-state index contributed by atoms with van der Waals surface area (Å²) in [5, 5.41) is 18.5. The number of aliphatic hydroxyl groups excluding tert-OH is 2. The lowest BCUT2D eigenvalue weighted by atomic mass is 9.97. The molecule has 0 radical (unpaired) electrons. The molecule has 4 heteroatoms. The van der Waals surface area contributed by atoms with Gasteiger partial charge < -0.3 is 15.9 Å². The highest BCUT2D eigenvalue weighted by Crippen LogP contribution is 2.26. The fraction of sp³-hybridized carbons (Fsp3) is 1.00. The summed E-state index contributed by atoms with van der Waals surface area (Å²) in [7, 11) is 0. The van der Waals surface area contributed by atoms with Crippen molar-refractivity contribution in [3.05, 3.63) is 0 Å². The average molecular weight is 233 g/mol. The number of thioether (sulfide) groups is 1. The van der Waals surface area contributed by atoms with E-state index in [-0.39, 0.29) is 12.6 Å². The standard InChI is InChI=1S/C11H23NO2S/c12-10-5-3-1-2-4-6-11(10)15-8-9(14)7-13/h9-11,13-14H,1-8,12H2. The summed E-state index contributed by atoms with van der Waals surface area (Å²) >= 11 is 1.73. The third-order valence-corrected chi connectivity index (χ3v) is 4.56. The van der Waals surface area contributed by atoms with Crippen molar-refractivity contribution in [1.82, 2.24) is 0 Å². The Bertz CT molecular complexity index is 169. The number of rotatable bonds is 4. The van der Waals surface area contributed by atoms with E-state index < -0.39 is 6.10 Å². The van der Waals surface area contributed by atoms with Crippen molar-refractivity contribution < 1.29 is 10.2 Å². The molecule has 90 valence electrons. The second-order valence-electron chi connectivity index (χ2n) is 4.36. The van der Waals surface area contributed by atoms with E-state index in [0.29, 0.717) is 11.0 Å². The highest BCUT2D eigenvalue weighted by Gasteiger charge is 2.20. The molecule has 0 bridgehead atoms. The van der Waals surface area contributed by atoms with Gasteiger partial charge in [0.15, 0.2) is 0 Å². The van der Waals surface area contributed by atoms with E-state index in [4.69, 9.17) is 10.8 Å². The molecule has 3 atom stereocenters. The monoisotopic (exact) mass is 233 g/mol. The van der Waals surface area contributed by atoms with Crippen LogP contribution in [0.15, 0.2) is 0 Å². The zero-order valence-corrected chi connectivity index (χ0v) is 10.1. The van der Waals surface area contributed by atoms with Gasteiger partial charge in [-0.05, 0) is 12.8 Å². The molecule has 0 amide bonds. The summed E-state index contributed by atoms with van der Waals surface area (Å²) in [5.74, 6) is 0.606. The van der Waals surface area contributed by atoms with Crippen molar-refractivity contribution in [2.45, 2.75) is 55.9 Å². The molecule has 0 aliphatic heterocycles. The van der Waals surface area contributed by atoms with Gasteiger partial charge in [-0.2, -0.15) is 11.8 Å². The molecule has 3 nitrogen and oxygen atoms in total. The molecular formula is C11H23NO2S. The van der Waals surface area contributed by atoms with Crippen LogP contribution in [0, 0.1) is 0 Å². The SMILES string of the molecule is NC1CCCCCCC1SCC(O)CO. The fourth-order valence-electron chi connectivity index (χ4n) is 1.97. The maximum Gasteiger partial charge on any atom is 0.0861 e. The Hall–Kier alpha value is 0.230. The molecule has 4 N–H and O–H groups in total. The van der Waals surface area contributed by atoms with Crippen molar-refractivity contribution in [2.75, 3.05) is 12.4 Å². The fourth-order valence-corrected chi connectivity index (χ4v) is 3.26. The predicted molar refractivity (Wildman–Crippen MR) is 65.0 cm³/mol. The average Bonchev–Trinajstić information content (AvgIpc) is 2.22. The Balaban J connectivity index is 2.28. The summed E-state index contributed by atoms with van der Waals surface area (Å²) in [6.07, 6.45) is 6.78. The number of aliphatic hydroxyl groups is 2. The van der Waals surface area contributed by atoms with Crippen LogP contribution in [0.1, 0.15) is 38.5 Å². The first-order valence-corrected chi connectivity index (χ1v) is 6.95. The normalized spacial score (nSPS) is 30.6. The largest absolute Gasteiger partial charge is 0.394 e. The molecule has 1 fully saturated rings. The first-order valence-electron chi connectivity index (χ1n) is 5.90. The zero-order chi connectivity index (χ0) is 11.1. The molecule has 0 aromatic heterocycles. The van der Waals surface area contributed by atoms with Gasteiger partial charge in [0, 0.05) is 17.0 Å². The Kier molecular flexibility index (Phi) is 6.64. The summed E-state index contributed by atoms with van der Waals surface area (Å²) < 4.78 is 0. The van der Waals surface area contributed by atoms with Crippen molar-refractivity contribution >= 4 is 11.8 Å². The van der Waals surface area contributed by atoms with Gasteiger partial charge in [0.05, 0.1) is 12.7 Å². The van der Waals surface area contributed by atoms with Crippen LogP contribution in [-0.4, -0.2) is 40.0 Å². The van der Waals surface area contributed by atoms with E-state index >= 15 is 0 Å². The molecule has 0 spiro atoms. The Labute approximate surface area is 96.4 Å². The summed E-state index contributed by atoms with van der Waals surface area (Å²) in [4.78, 5) is 0. The Morgan fingerprint density at radius 3 is 2.53 bits per heavy atom. The maximum atomic E-state index is 9.29. The Morgan fingerprint density at radius 1 is 1.20 bits per heavy atom.